The fourth-order valence-electron chi connectivity index (χ4n) is 1.88. The molecule has 1 aromatic heterocycles. The molecule has 1 amide bonds. The van der Waals surface area contributed by atoms with Crippen LogP contribution in [0.5, 0.6) is 5.75 Å². The zero-order valence-corrected chi connectivity index (χ0v) is 10.5. The molecule has 98 valence electrons. The van der Waals surface area contributed by atoms with Gasteiger partial charge in [-0.2, -0.15) is 0 Å². The van der Waals surface area contributed by atoms with Crippen LogP contribution in [0.4, 0.5) is 4.39 Å². The van der Waals surface area contributed by atoms with Crippen LogP contribution in [0.25, 0.3) is 0 Å². The zero-order valence-electron chi connectivity index (χ0n) is 9.68. The molecule has 0 bridgehead atoms. The van der Waals surface area contributed by atoms with Crippen LogP contribution in [0.2, 0.25) is 0 Å². The van der Waals surface area contributed by atoms with Crippen molar-refractivity contribution in [1.29, 1.82) is 0 Å². The van der Waals surface area contributed by atoms with Gasteiger partial charge in [0.25, 0.3) is 5.91 Å². The van der Waals surface area contributed by atoms with Crippen LogP contribution in [0.1, 0.15) is 16.1 Å². The Morgan fingerprint density at radius 3 is 2.89 bits per heavy atom. The number of nitrogens with zero attached hydrogens (tertiary/aromatic N) is 1. The Hall–Kier alpha value is -1.63. The number of carbonyl (C=O) groups excluding carboxylic acids is 1. The van der Waals surface area contributed by atoms with Crippen LogP contribution in [0.3, 0.4) is 0 Å². The highest BCUT2D eigenvalue weighted by Gasteiger charge is 2.47. The first-order valence-electron chi connectivity index (χ1n) is 5.31. The normalized spacial score (nSPS) is 23.1. The topological polar surface area (TPSA) is 66.8 Å². The zero-order chi connectivity index (χ0) is 13.3. The maximum absolute atomic E-state index is 13.8. The summed E-state index contributed by atoms with van der Waals surface area (Å²) in [6.07, 6.45) is -0.179. The molecular weight excluding hydrogens is 261 g/mol. The van der Waals surface area contributed by atoms with Crippen molar-refractivity contribution in [2.24, 2.45) is 0 Å². The van der Waals surface area contributed by atoms with E-state index in [-0.39, 0.29) is 18.9 Å². The summed E-state index contributed by atoms with van der Waals surface area (Å²) in [7, 11) is 1.44. The second kappa shape index (κ2) is 4.56. The summed E-state index contributed by atoms with van der Waals surface area (Å²) in [4.78, 5) is 24.4. The minimum atomic E-state index is -2.33. The lowest BCUT2D eigenvalue weighted by molar-refractivity contribution is -0.149. The van der Waals surface area contributed by atoms with Gasteiger partial charge in [-0.1, -0.05) is 0 Å². The number of carboxylic acid groups (broad SMARTS) is 1. The third-order valence-electron chi connectivity index (χ3n) is 2.93. The van der Waals surface area contributed by atoms with Gasteiger partial charge >= 0.3 is 5.97 Å². The largest absolute Gasteiger partial charge is 0.495 e. The van der Waals surface area contributed by atoms with E-state index < -0.39 is 18.2 Å². The number of alkyl halides is 1. The standard InChI is InChI=1S/C11H12FNO4S/c1-17-7-2-5-18-8(7)9(14)13-4-3-11(12,6-13)10(15)16/h2,5H,3-4,6H2,1H3,(H,15,16). The molecule has 2 heterocycles. The first-order chi connectivity index (χ1) is 8.48. The molecule has 1 fully saturated rings. The van der Waals surface area contributed by atoms with E-state index >= 15 is 0 Å². The number of halogens is 1. The van der Waals surface area contributed by atoms with Crippen LogP contribution in [0, 0.1) is 0 Å². The molecule has 18 heavy (non-hydrogen) atoms. The highest BCUT2D eigenvalue weighted by molar-refractivity contribution is 7.12. The SMILES string of the molecule is COc1ccsc1C(=O)N1CCC(F)(C(=O)O)C1. The summed E-state index contributed by atoms with van der Waals surface area (Å²) >= 11 is 1.19. The molecule has 0 aromatic carbocycles. The number of hydrogen-bond donors (Lipinski definition) is 1. The Labute approximate surface area is 107 Å². The summed E-state index contributed by atoms with van der Waals surface area (Å²) in [5, 5.41) is 10.5. The predicted octanol–water partition coefficient (Wildman–Crippen LogP) is 1.40. The number of amides is 1. The Balaban J connectivity index is 2.15. The Morgan fingerprint density at radius 2 is 2.33 bits per heavy atom. The van der Waals surface area contributed by atoms with Gasteiger partial charge in [-0.15, -0.1) is 11.3 Å². The highest BCUT2D eigenvalue weighted by atomic mass is 32.1. The van der Waals surface area contributed by atoms with E-state index in [1.54, 1.807) is 11.4 Å². The van der Waals surface area contributed by atoms with E-state index in [4.69, 9.17) is 9.84 Å². The summed E-state index contributed by atoms with van der Waals surface area (Å²) in [6, 6.07) is 1.65. The first kappa shape index (κ1) is 12.8. The van der Waals surface area contributed by atoms with E-state index in [9.17, 15) is 14.0 Å². The summed E-state index contributed by atoms with van der Waals surface area (Å²) in [6.45, 7) is -0.315. The van der Waals surface area contributed by atoms with Crippen molar-refractivity contribution in [3.63, 3.8) is 0 Å². The van der Waals surface area contributed by atoms with Gasteiger partial charge in [0.2, 0.25) is 5.67 Å². The number of rotatable bonds is 3. The molecule has 1 aromatic rings. The van der Waals surface area contributed by atoms with Crippen molar-refractivity contribution in [2.75, 3.05) is 20.2 Å². The second-order valence-corrected chi connectivity index (χ2v) is 4.98. The number of ether oxygens (including phenoxy) is 1. The minimum absolute atomic E-state index is 0.0999. The molecule has 0 spiro atoms. The number of carboxylic acids is 1. The average Bonchev–Trinajstić information content (AvgIpc) is 2.94. The van der Waals surface area contributed by atoms with Gasteiger partial charge < -0.3 is 14.7 Å². The quantitative estimate of drug-likeness (QED) is 0.904. The fourth-order valence-corrected chi connectivity index (χ4v) is 2.70. The molecule has 0 saturated carbocycles. The van der Waals surface area contributed by atoms with E-state index in [0.717, 1.165) is 0 Å². The Bertz CT molecular complexity index is 489. The van der Waals surface area contributed by atoms with E-state index in [2.05, 4.69) is 0 Å². The molecule has 0 aliphatic carbocycles. The number of hydrogen-bond acceptors (Lipinski definition) is 4. The van der Waals surface area contributed by atoms with E-state index in [1.165, 1.54) is 23.3 Å². The van der Waals surface area contributed by atoms with Gasteiger partial charge in [0.15, 0.2) is 0 Å². The molecule has 1 atom stereocenters. The van der Waals surface area contributed by atoms with Crippen LogP contribution >= 0.6 is 11.3 Å². The van der Waals surface area contributed by atoms with Crippen molar-refractivity contribution < 1.29 is 23.8 Å². The number of methoxy groups -OCH3 is 1. The van der Waals surface area contributed by atoms with Crippen molar-refractivity contribution in [3.8, 4) is 5.75 Å². The Morgan fingerprint density at radius 1 is 1.61 bits per heavy atom. The van der Waals surface area contributed by atoms with Crippen molar-refractivity contribution in [2.45, 2.75) is 12.1 Å². The van der Waals surface area contributed by atoms with E-state index in [1.807, 2.05) is 0 Å². The maximum Gasteiger partial charge on any atom is 0.343 e. The van der Waals surface area contributed by atoms with Crippen molar-refractivity contribution >= 4 is 23.2 Å². The summed E-state index contributed by atoms with van der Waals surface area (Å²) in [5.74, 6) is -1.48. The number of carbonyl (C=O) groups is 2. The van der Waals surface area contributed by atoms with E-state index in [0.29, 0.717) is 10.6 Å². The summed E-state index contributed by atoms with van der Waals surface area (Å²) in [5.41, 5.74) is -2.33. The third-order valence-corrected chi connectivity index (χ3v) is 3.82. The monoisotopic (exact) mass is 273 g/mol. The minimum Gasteiger partial charge on any atom is -0.495 e. The van der Waals surface area contributed by atoms with Crippen LogP contribution in [-0.4, -0.2) is 47.8 Å². The number of aliphatic carboxylic acids is 1. The van der Waals surface area contributed by atoms with Crippen molar-refractivity contribution in [1.82, 2.24) is 4.90 Å². The lowest BCUT2D eigenvalue weighted by Gasteiger charge is -2.17. The highest BCUT2D eigenvalue weighted by Crippen LogP contribution is 2.31. The van der Waals surface area contributed by atoms with Gasteiger partial charge in [0, 0.05) is 13.0 Å². The second-order valence-electron chi connectivity index (χ2n) is 4.07. The third kappa shape index (κ3) is 2.05. The van der Waals surface area contributed by atoms with Gasteiger partial charge in [-0.05, 0) is 11.4 Å². The lowest BCUT2D eigenvalue weighted by atomic mass is 10.1. The van der Waals surface area contributed by atoms with Gasteiger partial charge in [-0.3, -0.25) is 4.79 Å². The first-order valence-corrected chi connectivity index (χ1v) is 6.19. The van der Waals surface area contributed by atoms with Crippen LogP contribution in [-0.2, 0) is 4.79 Å². The molecule has 1 N–H and O–H groups in total. The van der Waals surface area contributed by atoms with Gasteiger partial charge in [-0.25, -0.2) is 9.18 Å². The molecule has 1 aliphatic rings. The van der Waals surface area contributed by atoms with Gasteiger partial charge in [0.1, 0.15) is 10.6 Å². The smallest absolute Gasteiger partial charge is 0.343 e. The predicted molar refractivity (Wildman–Crippen MR) is 62.9 cm³/mol. The molecular formula is C11H12FNO4S. The summed E-state index contributed by atoms with van der Waals surface area (Å²) < 4.78 is 18.9. The maximum atomic E-state index is 13.8. The number of likely N-dealkylation sites (tertiary alicyclic amines) is 1. The molecule has 7 heteroatoms. The van der Waals surface area contributed by atoms with Crippen molar-refractivity contribution in [3.05, 3.63) is 16.3 Å². The molecule has 0 radical (unpaired) electrons. The van der Waals surface area contributed by atoms with Gasteiger partial charge in [0.05, 0.1) is 13.7 Å². The average molecular weight is 273 g/mol. The Kier molecular flexibility index (Phi) is 3.25. The lowest BCUT2D eigenvalue weighted by Crippen LogP contribution is -2.38. The van der Waals surface area contributed by atoms with Crippen LogP contribution < -0.4 is 4.74 Å². The molecule has 5 nitrogen and oxygen atoms in total. The fraction of sp³-hybridized carbons (Fsp3) is 0.455. The van der Waals surface area contributed by atoms with Crippen LogP contribution in [0.15, 0.2) is 11.4 Å². The molecule has 1 unspecified atom stereocenters. The molecule has 1 aliphatic heterocycles. The molecule has 1 saturated heterocycles. The molecule has 2 rings (SSSR count). The number of thiophene rings is 1.